The first-order valence-electron chi connectivity index (χ1n) is 15.5. The van der Waals surface area contributed by atoms with Crippen LogP contribution in [0.25, 0.3) is 66.9 Å². The Labute approximate surface area is 255 Å². The zero-order chi connectivity index (χ0) is 29.0. The Morgan fingerprint density at radius 2 is 1.11 bits per heavy atom. The molecule has 9 rings (SSSR count). The largest absolute Gasteiger partial charge is 0.309 e. The molecule has 1 aliphatic carbocycles. The van der Waals surface area contributed by atoms with Crippen molar-refractivity contribution in [2.75, 3.05) is 0 Å². The molecule has 0 bridgehead atoms. The van der Waals surface area contributed by atoms with Crippen molar-refractivity contribution in [2.24, 2.45) is 0 Å². The highest BCUT2D eigenvalue weighted by molar-refractivity contribution is 6.19. The van der Waals surface area contributed by atoms with E-state index in [4.69, 9.17) is 9.97 Å². The second-order valence-electron chi connectivity index (χ2n) is 11.7. The molecule has 4 heteroatoms. The Morgan fingerprint density at radius 3 is 1.82 bits per heavy atom. The molecule has 0 amide bonds. The van der Waals surface area contributed by atoms with Gasteiger partial charge in [-0.3, -0.25) is 4.57 Å². The normalized spacial score (nSPS) is 13.1. The van der Waals surface area contributed by atoms with E-state index < -0.39 is 0 Å². The lowest BCUT2D eigenvalue weighted by Gasteiger charge is -2.16. The van der Waals surface area contributed by atoms with Gasteiger partial charge in [0.15, 0.2) is 0 Å². The molecule has 0 atom stereocenters. The van der Waals surface area contributed by atoms with Gasteiger partial charge in [-0.25, -0.2) is 9.97 Å². The van der Waals surface area contributed by atoms with Crippen LogP contribution >= 0.6 is 0 Å². The molecule has 0 unspecified atom stereocenters. The molecule has 0 radical (unpaired) electrons. The van der Waals surface area contributed by atoms with Crippen LogP contribution < -0.4 is 0 Å². The number of aromatic nitrogens is 4. The Morgan fingerprint density at radius 1 is 0.500 bits per heavy atom. The smallest absolute Gasteiger partial charge is 0.235 e. The number of nitrogens with zero attached hydrogens (tertiary/aromatic N) is 4. The fourth-order valence-corrected chi connectivity index (χ4v) is 7.20. The molecule has 210 valence electrons. The highest BCUT2D eigenvalue weighted by Crippen LogP contribution is 2.42. The third-order valence-electron chi connectivity index (χ3n) is 9.13. The SMILES string of the molecule is c1ccc(-c2cc(-c3ccccc3)nc(-n3c4c(c5c3ccc3c6ccccc6n(-c6ccccc6)c35)CCCC4)n2)cc1. The zero-order valence-electron chi connectivity index (χ0n) is 24.3. The maximum Gasteiger partial charge on any atom is 0.235 e. The summed E-state index contributed by atoms with van der Waals surface area (Å²) in [5.74, 6) is 0.736. The average molecular weight is 567 g/mol. The van der Waals surface area contributed by atoms with Crippen molar-refractivity contribution in [2.45, 2.75) is 25.7 Å². The first kappa shape index (κ1) is 25.1. The number of hydrogen-bond donors (Lipinski definition) is 0. The van der Waals surface area contributed by atoms with Gasteiger partial charge in [-0.2, -0.15) is 0 Å². The van der Waals surface area contributed by atoms with Gasteiger partial charge in [0.25, 0.3) is 0 Å². The van der Waals surface area contributed by atoms with E-state index in [0.717, 1.165) is 47.7 Å². The average Bonchev–Trinajstić information content (AvgIpc) is 3.62. The lowest BCUT2D eigenvalue weighted by atomic mass is 9.94. The van der Waals surface area contributed by atoms with Crippen LogP contribution in [0.4, 0.5) is 0 Å². The quantitative estimate of drug-likeness (QED) is 0.213. The summed E-state index contributed by atoms with van der Waals surface area (Å²) in [4.78, 5) is 10.6. The van der Waals surface area contributed by atoms with E-state index >= 15 is 0 Å². The van der Waals surface area contributed by atoms with Crippen LogP contribution in [0.5, 0.6) is 0 Å². The van der Waals surface area contributed by atoms with Crippen molar-refractivity contribution >= 4 is 32.7 Å². The monoisotopic (exact) mass is 566 g/mol. The van der Waals surface area contributed by atoms with Crippen LogP contribution in [0.3, 0.4) is 0 Å². The van der Waals surface area contributed by atoms with Gasteiger partial charge < -0.3 is 4.57 Å². The summed E-state index contributed by atoms with van der Waals surface area (Å²) in [7, 11) is 0. The molecule has 0 saturated carbocycles. The lowest BCUT2D eigenvalue weighted by Crippen LogP contribution is -2.10. The van der Waals surface area contributed by atoms with Crippen LogP contribution in [0.2, 0.25) is 0 Å². The van der Waals surface area contributed by atoms with E-state index in [9.17, 15) is 0 Å². The first-order valence-corrected chi connectivity index (χ1v) is 15.5. The minimum atomic E-state index is 0.736. The number of rotatable bonds is 4. The summed E-state index contributed by atoms with van der Waals surface area (Å²) in [6, 6.07) is 47.2. The predicted octanol–water partition coefficient (Wildman–Crippen LogP) is 9.73. The fourth-order valence-electron chi connectivity index (χ4n) is 7.20. The van der Waals surface area contributed by atoms with Crippen molar-refractivity contribution in [1.82, 2.24) is 19.1 Å². The molecule has 0 fully saturated rings. The number of hydrogen-bond acceptors (Lipinski definition) is 2. The van der Waals surface area contributed by atoms with E-state index in [2.05, 4.69) is 143 Å². The number of fused-ring (bicyclic) bond motifs is 7. The number of aryl methyl sites for hydroxylation is 1. The molecule has 0 spiro atoms. The van der Waals surface area contributed by atoms with Crippen molar-refractivity contribution < 1.29 is 0 Å². The minimum Gasteiger partial charge on any atom is -0.309 e. The van der Waals surface area contributed by atoms with Crippen molar-refractivity contribution in [3.05, 3.63) is 145 Å². The number of para-hydroxylation sites is 2. The van der Waals surface area contributed by atoms with E-state index in [1.807, 2.05) is 0 Å². The third-order valence-corrected chi connectivity index (χ3v) is 9.13. The van der Waals surface area contributed by atoms with Crippen molar-refractivity contribution in [3.8, 4) is 34.2 Å². The predicted molar refractivity (Wildman–Crippen MR) is 181 cm³/mol. The van der Waals surface area contributed by atoms with Crippen molar-refractivity contribution in [1.29, 1.82) is 0 Å². The molecule has 4 nitrogen and oxygen atoms in total. The van der Waals surface area contributed by atoms with E-state index in [1.54, 1.807) is 0 Å². The Hall–Kier alpha value is -5.48. The Bertz CT molecular complexity index is 2260. The summed E-state index contributed by atoms with van der Waals surface area (Å²) in [5, 5.41) is 3.89. The van der Waals surface area contributed by atoms with Crippen LogP contribution in [0.1, 0.15) is 24.1 Å². The Kier molecular flexibility index (Phi) is 5.73. The van der Waals surface area contributed by atoms with Gasteiger partial charge in [-0.05, 0) is 61.6 Å². The Balaban J connectivity index is 1.41. The maximum atomic E-state index is 5.28. The van der Waals surface area contributed by atoms with E-state index in [-0.39, 0.29) is 0 Å². The van der Waals surface area contributed by atoms with Gasteiger partial charge in [-0.1, -0.05) is 103 Å². The van der Waals surface area contributed by atoms with Gasteiger partial charge in [0.1, 0.15) is 0 Å². The summed E-state index contributed by atoms with van der Waals surface area (Å²) in [5.41, 5.74) is 11.7. The van der Waals surface area contributed by atoms with E-state index in [1.165, 1.54) is 56.1 Å². The molecule has 5 aromatic carbocycles. The molecule has 0 saturated heterocycles. The third kappa shape index (κ3) is 3.84. The number of benzene rings is 5. The van der Waals surface area contributed by atoms with Crippen LogP contribution in [0, 0.1) is 0 Å². The van der Waals surface area contributed by atoms with Crippen molar-refractivity contribution in [3.63, 3.8) is 0 Å². The molecular weight excluding hydrogens is 536 g/mol. The lowest BCUT2D eigenvalue weighted by molar-refractivity contribution is 0.662. The highest BCUT2D eigenvalue weighted by Gasteiger charge is 2.27. The second kappa shape index (κ2) is 10.1. The minimum absolute atomic E-state index is 0.736. The van der Waals surface area contributed by atoms with Gasteiger partial charge in [0.05, 0.1) is 27.9 Å². The van der Waals surface area contributed by atoms with Gasteiger partial charge in [0, 0.05) is 38.7 Å². The summed E-state index contributed by atoms with van der Waals surface area (Å²) in [6.45, 7) is 0. The standard InChI is InChI=1S/C40H30N4/c1-4-14-27(15-5-1)33-26-34(28-16-6-2-7-17-28)42-40(41-33)44-36-23-13-11-21-32(36)38-37(44)25-24-31-30-20-10-12-22-35(30)43(39(31)38)29-18-8-3-9-19-29/h1-10,12,14-20,22,24-26H,11,13,21,23H2. The zero-order valence-corrected chi connectivity index (χ0v) is 24.3. The molecular formula is C40H30N4. The van der Waals surface area contributed by atoms with Gasteiger partial charge in [-0.15, -0.1) is 0 Å². The van der Waals surface area contributed by atoms with E-state index in [0.29, 0.717) is 0 Å². The van der Waals surface area contributed by atoms with Crippen LogP contribution in [-0.4, -0.2) is 19.1 Å². The van der Waals surface area contributed by atoms with Gasteiger partial charge >= 0.3 is 0 Å². The molecule has 44 heavy (non-hydrogen) atoms. The molecule has 8 aromatic rings. The topological polar surface area (TPSA) is 35.6 Å². The maximum absolute atomic E-state index is 5.28. The van der Waals surface area contributed by atoms with Gasteiger partial charge in [0.2, 0.25) is 5.95 Å². The molecule has 1 aliphatic rings. The highest BCUT2D eigenvalue weighted by atomic mass is 15.2. The first-order chi connectivity index (χ1) is 21.8. The van der Waals surface area contributed by atoms with Crippen LogP contribution in [-0.2, 0) is 12.8 Å². The second-order valence-corrected chi connectivity index (χ2v) is 11.7. The summed E-state index contributed by atoms with van der Waals surface area (Å²) in [6.07, 6.45) is 4.42. The van der Waals surface area contributed by atoms with Crippen LogP contribution in [0.15, 0.2) is 133 Å². The summed E-state index contributed by atoms with van der Waals surface area (Å²) < 4.78 is 4.83. The summed E-state index contributed by atoms with van der Waals surface area (Å²) >= 11 is 0. The molecule has 3 heterocycles. The molecule has 0 N–H and O–H groups in total. The fraction of sp³-hybridized carbons (Fsp3) is 0.100. The molecule has 0 aliphatic heterocycles. The molecule has 3 aromatic heterocycles.